The van der Waals surface area contributed by atoms with Gasteiger partial charge in [-0.25, -0.2) is 4.39 Å². The zero-order valence-corrected chi connectivity index (χ0v) is 15.7. The fraction of sp³-hybridized carbons (Fsp3) is 0.455. The molecule has 0 unspecified atom stereocenters. The number of hydrogen-bond donors (Lipinski definition) is 1. The predicted octanol–water partition coefficient (Wildman–Crippen LogP) is 3.71. The van der Waals surface area contributed by atoms with Crippen molar-refractivity contribution in [2.24, 2.45) is 0 Å². The van der Waals surface area contributed by atoms with E-state index in [0.29, 0.717) is 19.0 Å². The Hall–Kier alpha value is -2.43. The Balaban J connectivity index is 1.65. The fourth-order valence-electron chi connectivity index (χ4n) is 4.18. The maximum absolute atomic E-state index is 13.2. The molecule has 1 aromatic carbocycles. The Morgan fingerprint density at radius 3 is 2.59 bits per heavy atom. The van der Waals surface area contributed by atoms with Crippen molar-refractivity contribution in [2.45, 2.75) is 64.5 Å². The summed E-state index contributed by atoms with van der Waals surface area (Å²) in [6.07, 6.45) is 5.75. The molecule has 142 valence electrons. The number of fused-ring (bicyclic) bond motifs is 1. The number of amides is 1. The first-order valence-electron chi connectivity index (χ1n) is 9.80. The molecule has 5 heteroatoms. The van der Waals surface area contributed by atoms with Crippen molar-refractivity contribution < 1.29 is 14.0 Å². The lowest BCUT2D eigenvalue weighted by Gasteiger charge is -2.26. The summed E-state index contributed by atoms with van der Waals surface area (Å²) in [5.41, 5.74) is 4.61. The van der Waals surface area contributed by atoms with Crippen molar-refractivity contribution in [1.82, 2.24) is 9.88 Å². The van der Waals surface area contributed by atoms with E-state index in [2.05, 4.69) is 9.88 Å². The molecule has 1 aromatic heterocycles. The van der Waals surface area contributed by atoms with Crippen LogP contribution in [0.25, 0.3) is 0 Å². The lowest BCUT2D eigenvalue weighted by molar-refractivity contribution is -0.121. The van der Waals surface area contributed by atoms with Gasteiger partial charge >= 0.3 is 0 Å². The van der Waals surface area contributed by atoms with Gasteiger partial charge in [0.25, 0.3) is 0 Å². The standard InChI is InChI=1S/C22H25FN2O2/c1-14-18(12-21(27)24-17-4-2-5-17)22-19(6-3-7-20(22)26)25(14)13-15-8-10-16(23)11-9-15/h8-11,17H,2-7,12-13H2,1H3,(H,24,27). The zero-order chi connectivity index (χ0) is 19.0. The minimum atomic E-state index is -0.256. The van der Waals surface area contributed by atoms with E-state index in [1.165, 1.54) is 18.6 Å². The molecular weight excluding hydrogens is 343 g/mol. The highest BCUT2D eigenvalue weighted by molar-refractivity contribution is 6.01. The van der Waals surface area contributed by atoms with Crippen LogP contribution < -0.4 is 5.32 Å². The quantitative estimate of drug-likeness (QED) is 0.875. The predicted molar refractivity (Wildman–Crippen MR) is 101 cm³/mol. The van der Waals surface area contributed by atoms with Crippen LogP contribution in [0.4, 0.5) is 4.39 Å². The Morgan fingerprint density at radius 1 is 1.19 bits per heavy atom. The van der Waals surface area contributed by atoms with Gasteiger partial charge in [-0.1, -0.05) is 12.1 Å². The maximum Gasteiger partial charge on any atom is 0.224 e. The highest BCUT2D eigenvalue weighted by Gasteiger charge is 2.29. The van der Waals surface area contributed by atoms with Crippen molar-refractivity contribution in [3.63, 3.8) is 0 Å². The molecule has 0 radical (unpaired) electrons. The molecule has 1 heterocycles. The molecular formula is C22H25FN2O2. The van der Waals surface area contributed by atoms with E-state index in [0.717, 1.165) is 53.8 Å². The van der Waals surface area contributed by atoms with Gasteiger partial charge < -0.3 is 9.88 Å². The maximum atomic E-state index is 13.2. The van der Waals surface area contributed by atoms with Crippen LogP contribution in [0, 0.1) is 12.7 Å². The normalized spacial score (nSPS) is 16.7. The summed E-state index contributed by atoms with van der Waals surface area (Å²) >= 11 is 0. The smallest absolute Gasteiger partial charge is 0.224 e. The Morgan fingerprint density at radius 2 is 1.93 bits per heavy atom. The lowest BCUT2D eigenvalue weighted by atomic mass is 9.91. The molecule has 0 spiro atoms. The van der Waals surface area contributed by atoms with Gasteiger partial charge in [-0.15, -0.1) is 0 Å². The fourth-order valence-corrected chi connectivity index (χ4v) is 4.18. The summed E-state index contributed by atoms with van der Waals surface area (Å²) < 4.78 is 15.4. The van der Waals surface area contributed by atoms with Gasteiger partial charge in [0, 0.05) is 36.0 Å². The van der Waals surface area contributed by atoms with Crippen molar-refractivity contribution >= 4 is 11.7 Å². The molecule has 4 nitrogen and oxygen atoms in total. The minimum Gasteiger partial charge on any atom is -0.353 e. The first kappa shape index (κ1) is 18.0. The topological polar surface area (TPSA) is 51.1 Å². The SMILES string of the molecule is Cc1c(CC(=O)NC2CCC2)c2c(n1Cc1ccc(F)cc1)CCCC2=O. The average molecular weight is 368 g/mol. The number of halogens is 1. The monoisotopic (exact) mass is 368 g/mol. The highest BCUT2D eigenvalue weighted by Crippen LogP contribution is 2.31. The van der Waals surface area contributed by atoms with Crippen molar-refractivity contribution in [3.05, 3.63) is 58.2 Å². The van der Waals surface area contributed by atoms with Gasteiger partial charge in [0.1, 0.15) is 5.82 Å². The number of aromatic nitrogens is 1. The molecule has 2 aromatic rings. The second kappa shape index (κ2) is 7.29. The molecule has 1 fully saturated rings. The second-order valence-corrected chi connectivity index (χ2v) is 7.75. The van der Waals surface area contributed by atoms with E-state index < -0.39 is 0 Å². The lowest BCUT2D eigenvalue weighted by Crippen LogP contribution is -2.40. The summed E-state index contributed by atoms with van der Waals surface area (Å²) in [6.45, 7) is 2.58. The van der Waals surface area contributed by atoms with Crippen LogP contribution in [0.3, 0.4) is 0 Å². The molecule has 0 saturated heterocycles. The Kier molecular flexibility index (Phi) is 4.85. The van der Waals surface area contributed by atoms with Crippen LogP contribution in [-0.2, 0) is 24.2 Å². The number of carbonyl (C=O) groups excluding carboxylic acids is 2. The number of nitrogens with zero attached hydrogens (tertiary/aromatic N) is 1. The number of hydrogen-bond acceptors (Lipinski definition) is 2. The Labute approximate surface area is 158 Å². The van der Waals surface area contributed by atoms with Crippen LogP contribution >= 0.6 is 0 Å². The van der Waals surface area contributed by atoms with Gasteiger partial charge in [-0.2, -0.15) is 0 Å². The third-order valence-corrected chi connectivity index (χ3v) is 5.92. The van der Waals surface area contributed by atoms with E-state index in [1.54, 1.807) is 12.1 Å². The van der Waals surface area contributed by atoms with Crippen molar-refractivity contribution in [3.8, 4) is 0 Å². The summed E-state index contributed by atoms with van der Waals surface area (Å²) in [5.74, 6) is -0.111. The van der Waals surface area contributed by atoms with Crippen LogP contribution in [0.1, 0.15) is 65.0 Å². The molecule has 1 N–H and O–H groups in total. The second-order valence-electron chi connectivity index (χ2n) is 7.75. The highest BCUT2D eigenvalue weighted by atomic mass is 19.1. The molecule has 0 bridgehead atoms. The van der Waals surface area contributed by atoms with Gasteiger partial charge in [0.2, 0.25) is 5.91 Å². The zero-order valence-electron chi connectivity index (χ0n) is 15.7. The van der Waals surface area contributed by atoms with Gasteiger partial charge in [-0.3, -0.25) is 9.59 Å². The molecule has 27 heavy (non-hydrogen) atoms. The number of rotatable bonds is 5. The molecule has 4 rings (SSSR count). The number of Topliss-reactive ketones (excluding diaryl/α,β-unsaturated/α-hetero) is 1. The van der Waals surface area contributed by atoms with Crippen LogP contribution in [0.15, 0.2) is 24.3 Å². The largest absolute Gasteiger partial charge is 0.353 e. The van der Waals surface area contributed by atoms with E-state index in [4.69, 9.17) is 0 Å². The number of carbonyl (C=O) groups is 2. The van der Waals surface area contributed by atoms with E-state index >= 15 is 0 Å². The molecule has 1 amide bonds. The number of nitrogens with one attached hydrogen (secondary N) is 1. The van der Waals surface area contributed by atoms with Gasteiger partial charge in [0.15, 0.2) is 5.78 Å². The van der Waals surface area contributed by atoms with Crippen molar-refractivity contribution in [1.29, 1.82) is 0 Å². The first-order valence-corrected chi connectivity index (χ1v) is 9.80. The third-order valence-electron chi connectivity index (χ3n) is 5.92. The van der Waals surface area contributed by atoms with Crippen LogP contribution in [-0.4, -0.2) is 22.3 Å². The Bertz CT molecular complexity index is 879. The minimum absolute atomic E-state index is 0.00269. The van der Waals surface area contributed by atoms with E-state index in [9.17, 15) is 14.0 Å². The summed E-state index contributed by atoms with van der Waals surface area (Å²) in [4.78, 5) is 25.1. The molecule has 0 aliphatic heterocycles. The summed E-state index contributed by atoms with van der Waals surface area (Å²) in [6, 6.07) is 6.76. The number of benzene rings is 1. The molecule has 0 atom stereocenters. The number of ketones is 1. The summed E-state index contributed by atoms with van der Waals surface area (Å²) in [5, 5.41) is 3.08. The van der Waals surface area contributed by atoms with Gasteiger partial charge in [-0.05, 0) is 62.3 Å². The van der Waals surface area contributed by atoms with Crippen LogP contribution in [0.5, 0.6) is 0 Å². The van der Waals surface area contributed by atoms with Crippen molar-refractivity contribution in [2.75, 3.05) is 0 Å². The molecule has 2 aliphatic rings. The van der Waals surface area contributed by atoms with E-state index in [1.807, 2.05) is 6.92 Å². The average Bonchev–Trinajstić information content (AvgIpc) is 2.87. The van der Waals surface area contributed by atoms with Crippen LogP contribution in [0.2, 0.25) is 0 Å². The summed E-state index contributed by atoms with van der Waals surface area (Å²) in [7, 11) is 0. The van der Waals surface area contributed by atoms with E-state index in [-0.39, 0.29) is 23.9 Å². The molecule has 2 aliphatic carbocycles. The molecule has 1 saturated carbocycles. The third kappa shape index (κ3) is 3.55. The van der Waals surface area contributed by atoms with Gasteiger partial charge in [0.05, 0.1) is 6.42 Å². The first-order chi connectivity index (χ1) is 13.0.